The van der Waals surface area contributed by atoms with Crippen molar-refractivity contribution >= 4 is 34.6 Å². The standard InChI is InChI=1S/C20H27N5O7/c1-10(17(28)24-15(8-26)19(30)25-16(9-27)20(31)32)23-18(29)13(21)6-11-7-22-14-5-3-2-4-12(11)14/h2-5,7,10,13,15-16,22,26-27H,6,8-9,21H2,1H3,(H,23,29)(H,24,28)(H,25,30)(H,31,32). The van der Waals surface area contributed by atoms with Gasteiger partial charge in [0.15, 0.2) is 0 Å². The molecule has 1 aromatic carbocycles. The van der Waals surface area contributed by atoms with E-state index in [4.69, 9.17) is 15.9 Å². The Kier molecular flexibility index (Phi) is 8.70. The molecule has 0 radical (unpaired) electrons. The van der Waals surface area contributed by atoms with Gasteiger partial charge in [0, 0.05) is 17.1 Å². The highest BCUT2D eigenvalue weighted by Gasteiger charge is 2.28. The Morgan fingerprint density at radius 3 is 2.22 bits per heavy atom. The molecule has 12 nitrogen and oxygen atoms in total. The lowest BCUT2D eigenvalue weighted by molar-refractivity contribution is -0.143. The van der Waals surface area contributed by atoms with Crippen LogP contribution in [0.2, 0.25) is 0 Å². The summed E-state index contributed by atoms with van der Waals surface area (Å²) in [6.45, 7) is -0.324. The number of hydrogen-bond acceptors (Lipinski definition) is 7. The molecule has 1 heterocycles. The fraction of sp³-hybridized carbons (Fsp3) is 0.400. The largest absolute Gasteiger partial charge is 0.480 e. The Labute approximate surface area is 183 Å². The molecule has 0 spiro atoms. The van der Waals surface area contributed by atoms with Gasteiger partial charge in [-0.05, 0) is 25.0 Å². The van der Waals surface area contributed by atoms with Gasteiger partial charge in [-0.3, -0.25) is 14.4 Å². The number of H-pyrrole nitrogens is 1. The van der Waals surface area contributed by atoms with Crippen molar-refractivity contribution in [3.8, 4) is 0 Å². The first-order valence-corrected chi connectivity index (χ1v) is 9.84. The third-order valence-electron chi connectivity index (χ3n) is 4.82. The van der Waals surface area contributed by atoms with E-state index in [1.807, 2.05) is 29.6 Å². The molecule has 1 aromatic heterocycles. The number of carbonyl (C=O) groups excluding carboxylic acids is 3. The molecule has 0 saturated heterocycles. The summed E-state index contributed by atoms with van der Waals surface area (Å²) in [5.41, 5.74) is 7.73. The highest BCUT2D eigenvalue weighted by molar-refractivity contribution is 5.94. The number of amides is 3. The topological polar surface area (TPSA) is 207 Å². The number of aromatic nitrogens is 1. The number of carboxylic acid groups (broad SMARTS) is 1. The number of benzene rings is 1. The van der Waals surface area contributed by atoms with Crippen LogP contribution in [0.5, 0.6) is 0 Å². The number of aliphatic hydroxyl groups excluding tert-OH is 2. The zero-order valence-corrected chi connectivity index (χ0v) is 17.4. The zero-order chi connectivity index (χ0) is 23.8. The quantitative estimate of drug-likeness (QED) is 0.185. The van der Waals surface area contributed by atoms with Crippen molar-refractivity contribution in [3.05, 3.63) is 36.0 Å². The number of nitrogens with one attached hydrogen (secondary N) is 4. The van der Waals surface area contributed by atoms with Crippen molar-refractivity contribution in [2.75, 3.05) is 13.2 Å². The normalized spacial score (nSPS) is 14.8. The van der Waals surface area contributed by atoms with Crippen LogP contribution in [-0.2, 0) is 25.6 Å². The summed E-state index contributed by atoms with van der Waals surface area (Å²) in [4.78, 5) is 50.8. The lowest BCUT2D eigenvalue weighted by Crippen LogP contribution is -2.57. The van der Waals surface area contributed by atoms with E-state index in [0.29, 0.717) is 0 Å². The number of carbonyl (C=O) groups is 4. The van der Waals surface area contributed by atoms with Crippen molar-refractivity contribution in [2.45, 2.75) is 37.5 Å². The van der Waals surface area contributed by atoms with Crippen LogP contribution >= 0.6 is 0 Å². The number of fused-ring (bicyclic) bond motifs is 1. The Hall–Kier alpha value is -3.48. The van der Waals surface area contributed by atoms with Crippen LogP contribution in [0.4, 0.5) is 0 Å². The Bertz CT molecular complexity index is 976. The number of rotatable bonds is 11. The summed E-state index contributed by atoms with van der Waals surface area (Å²) < 4.78 is 0. The molecule has 0 aliphatic carbocycles. The van der Waals surface area contributed by atoms with Gasteiger partial charge in [-0.1, -0.05) is 18.2 Å². The summed E-state index contributed by atoms with van der Waals surface area (Å²) in [5.74, 6) is -3.86. The van der Waals surface area contributed by atoms with E-state index >= 15 is 0 Å². The van der Waals surface area contributed by atoms with E-state index in [0.717, 1.165) is 16.5 Å². The molecule has 32 heavy (non-hydrogen) atoms. The number of carboxylic acids is 1. The maximum absolute atomic E-state index is 12.4. The second-order valence-corrected chi connectivity index (χ2v) is 7.23. The van der Waals surface area contributed by atoms with E-state index in [9.17, 15) is 24.3 Å². The lowest BCUT2D eigenvalue weighted by atomic mass is 10.0. The molecule has 174 valence electrons. The molecule has 2 aromatic rings. The van der Waals surface area contributed by atoms with Crippen LogP contribution in [0.1, 0.15) is 12.5 Å². The molecule has 2 rings (SSSR count). The summed E-state index contributed by atoms with van der Waals surface area (Å²) in [6.07, 6.45) is 1.98. The van der Waals surface area contributed by atoms with E-state index in [1.165, 1.54) is 6.92 Å². The average Bonchev–Trinajstić information content (AvgIpc) is 3.17. The maximum atomic E-state index is 12.4. The molecule has 4 unspecified atom stereocenters. The number of para-hydroxylation sites is 1. The number of aliphatic hydroxyl groups is 2. The van der Waals surface area contributed by atoms with Gasteiger partial charge in [-0.25, -0.2) is 4.79 Å². The predicted molar refractivity (Wildman–Crippen MR) is 113 cm³/mol. The fourth-order valence-electron chi connectivity index (χ4n) is 2.96. The first-order valence-electron chi connectivity index (χ1n) is 9.84. The Morgan fingerprint density at radius 1 is 0.969 bits per heavy atom. The lowest BCUT2D eigenvalue weighted by Gasteiger charge is -2.22. The van der Waals surface area contributed by atoms with Gasteiger partial charge in [-0.2, -0.15) is 0 Å². The van der Waals surface area contributed by atoms with Gasteiger partial charge in [0.05, 0.1) is 19.3 Å². The van der Waals surface area contributed by atoms with Crippen LogP contribution in [0.3, 0.4) is 0 Å². The number of aliphatic carboxylic acids is 1. The fourth-order valence-corrected chi connectivity index (χ4v) is 2.96. The van der Waals surface area contributed by atoms with Crippen LogP contribution in [0.25, 0.3) is 10.9 Å². The molecule has 12 heteroatoms. The van der Waals surface area contributed by atoms with Crippen LogP contribution in [0, 0.1) is 0 Å². The van der Waals surface area contributed by atoms with E-state index in [-0.39, 0.29) is 6.42 Å². The zero-order valence-electron chi connectivity index (χ0n) is 17.4. The molecule has 9 N–H and O–H groups in total. The Balaban J connectivity index is 1.91. The van der Waals surface area contributed by atoms with Gasteiger partial charge >= 0.3 is 5.97 Å². The Morgan fingerprint density at radius 2 is 1.59 bits per heavy atom. The second-order valence-electron chi connectivity index (χ2n) is 7.23. The van der Waals surface area contributed by atoms with Crippen LogP contribution < -0.4 is 21.7 Å². The highest BCUT2D eigenvalue weighted by atomic mass is 16.4. The molecule has 4 atom stereocenters. The van der Waals surface area contributed by atoms with Gasteiger partial charge in [0.25, 0.3) is 0 Å². The summed E-state index contributed by atoms with van der Waals surface area (Å²) in [6, 6.07) is 2.43. The minimum absolute atomic E-state index is 0.226. The van der Waals surface area contributed by atoms with E-state index in [1.54, 1.807) is 6.20 Å². The molecular weight excluding hydrogens is 422 g/mol. The van der Waals surface area contributed by atoms with Crippen LogP contribution in [-0.4, -0.2) is 81.4 Å². The van der Waals surface area contributed by atoms with Gasteiger partial charge in [0.1, 0.15) is 18.1 Å². The molecule has 0 saturated carbocycles. The number of hydrogen-bond donors (Lipinski definition) is 8. The minimum Gasteiger partial charge on any atom is -0.480 e. The summed E-state index contributed by atoms with van der Waals surface area (Å²) >= 11 is 0. The van der Waals surface area contributed by atoms with E-state index < -0.39 is 61.1 Å². The predicted octanol–water partition coefficient (Wildman–Crippen LogP) is -2.42. The van der Waals surface area contributed by atoms with Gasteiger partial charge < -0.3 is 42.0 Å². The van der Waals surface area contributed by atoms with Crippen molar-refractivity contribution in [1.29, 1.82) is 0 Å². The molecule has 3 amide bonds. The summed E-state index contributed by atoms with van der Waals surface area (Å²) in [5, 5.41) is 34.8. The van der Waals surface area contributed by atoms with Crippen molar-refractivity contribution in [3.63, 3.8) is 0 Å². The second kappa shape index (κ2) is 11.2. The first-order chi connectivity index (χ1) is 15.2. The number of nitrogens with two attached hydrogens (primary N) is 1. The van der Waals surface area contributed by atoms with Gasteiger partial charge in [0.2, 0.25) is 17.7 Å². The van der Waals surface area contributed by atoms with Crippen molar-refractivity contribution < 1.29 is 34.5 Å². The van der Waals surface area contributed by atoms with Crippen molar-refractivity contribution in [2.24, 2.45) is 5.73 Å². The molecular formula is C20H27N5O7. The highest BCUT2D eigenvalue weighted by Crippen LogP contribution is 2.18. The van der Waals surface area contributed by atoms with Crippen molar-refractivity contribution in [1.82, 2.24) is 20.9 Å². The monoisotopic (exact) mass is 449 g/mol. The van der Waals surface area contributed by atoms with Crippen LogP contribution in [0.15, 0.2) is 30.5 Å². The SMILES string of the molecule is CC(NC(=O)C(N)Cc1c[nH]c2ccccc12)C(=O)NC(CO)C(=O)NC(CO)C(=O)O. The molecule has 0 bridgehead atoms. The third kappa shape index (κ3) is 6.26. The summed E-state index contributed by atoms with van der Waals surface area (Å²) in [7, 11) is 0. The number of aromatic amines is 1. The maximum Gasteiger partial charge on any atom is 0.328 e. The van der Waals surface area contributed by atoms with E-state index in [2.05, 4.69) is 15.6 Å². The third-order valence-corrected chi connectivity index (χ3v) is 4.82. The minimum atomic E-state index is -1.59. The molecule has 0 aliphatic heterocycles. The molecule has 0 fully saturated rings. The van der Waals surface area contributed by atoms with Gasteiger partial charge in [-0.15, -0.1) is 0 Å². The molecule has 0 aliphatic rings. The smallest absolute Gasteiger partial charge is 0.328 e. The average molecular weight is 449 g/mol. The first kappa shape index (κ1) is 24.8.